The summed E-state index contributed by atoms with van der Waals surface area (Å²) in [4.78, 5) is 13.3. The highest BCUT2D eigenvalue weighted by Gasteiger charge is 2.08. The third kappa shape index (κ3) is 5.97. The summed E-state index contributed by atoms with van der Waals surface area (Å²) < 4.78 is 4.60. The molecule has 0 atom stereocenters. The molecule has 0 aromatic carbocycles. The first kappa shape index (κ1) is 13.4. The third-order valence-corrected chi connectivity index (χ3v) is 2.30. The van der Waals surface area contributed by atoms with Crippen LogP contribution in [0.2, 0.25) is 0 Å². The molecule has 0 N–H and O–H groups in total. The summed E-state index contributed by atoms with van der Waals surface area (Å²) >= 11 is 0. The minimum atomic E-state index is -0.106. The predicted octanol–water partition coefficient (Wildman–Crippen LogP) is 2.06. The fourth-order valence-corrected chi connectivity index (χ4v) is 1.44. The van der Waals surface area contributed by atoms with E-state index in [0.717, 1.165) is 25.9 Å². The van der Waals surface area contributed by atoms with E-state index in [4.69, 9.17) is 0 Å². The monoisotopic (exact) mass is 201 g/mol. The van der Waals surface area contributed by atoms with Gasteiger partial charge >= 0.3 is 5.97 Å². The Morgan fingerprint density at radius 2 is 2.00 bits per heavy atom. The van der Waals surface area contributed by atoms with Crippen molar-refractivity contribution in [2.75, 3.05) is 20.2 Å². The fourth-order valence-electron chi connectivity index (χ4n) is 1.44. The van der Waals surface area contributed by atoms with E-state index < -0.39 is 0 Å². The second-order valence-electron chi connectivity index (χ2n) is 3.81. The number of hydrogen-bond acceptors (Lipinski definition) is 3. The molecular weight excluding hydrogens is 178 g/mol. The van der Waals surface area contributed by atoms with Gasteiger partial charge in [-0.2, -0.15) is 0 Å². The molecule has 0 saturated heterocycles. The van der Waals surface area contributed by atoms with Gasteiger partial charge in [0.05, 0.1) is 7.11 Å². The minimum Gasteiger partial charge on any atom is -0.469 e. The molecule has 0 radical (unpaired) electrons. The number of hydrogen-bond donors (Lipinski definition) is 0. The summed E-state index contributed by atoms with van der Waals surface area (Å²) in [7, 11) is 1.44. The van der Waals surface area contributed by atoms with Gasteiger partial charge in [0, 0.05) is 12.5 Å². The van der Waals surface area contributed by atoms with E-state index in [1.54, 1.807) is 0 Å². The van der Waals surface area contributed by atoms with Crippen molar-refractivity contribution in [3.8, 4) is 0 Å². The standard InChI is InChI=1S/C11H23NO2/c1-5-8-12(10(2)3)9-6-7-11(13)14-4/h10H,5-9H2,1-4H3. The first-order valence-electron chi connectivity index (χ1n) is 5.42. The lowest BCUT2D eigenvalue weighted by molar-refractivity contribution is -0.140. The predicted molar refractivity (Wildman–Crippen MR) is 58.3 cm³/mol. The SMILES string of the molecule is CCCN(CCCC(=O)OC)C(C)C. The quantitative estimate of drug-likeness (QED) is 0.590. The lowest BCUT2D eigenvalue weighted by Crippen LogP contribution is -2.32. The van der Waals surface area contributed by atoms with Gasteiger partial charge in [0.1, 0.15) is 0 Å². The van der Waals surface area contributed by atoms with E-state index in [9.17, 15) is 4.79 Å². The maximum atomic E-state index is 10.9. The summed E-state index contributed by atoms with van der Waals surface area (Å²) in [6, 6.07) is 0.563. The van der Waals surface area contributed by atoms with Gasteiger partial charge in [-0.3, -0.25) is 4.79 Å². The van der Waals surface area contributed by atoms with Crippen molar-refractivity contribution in [2.24, 2.45) is 0 Å². The highest BCUT2D eigenvalue weighted by molar-refractivity contribution is 5.69. The molecule has 0 fully saturated rings. The number of carbonyl (C=O) groups is 1. The van der Waals surface area contributed by atoms with Crippen molar-refractivity contribution in [2.45, 2.75) is 46.1 Å². The summed E-state index contributed by atoms with van der Waals surface area (Å²) in [5.41, 5.74) is 0. The Morgan fingerprint density at radius 3 is 2.43 bits per heavy atom. The van der Waals surface area contributed by atoms with E-state index in [1.165, 1.54) is 7.11 Å². The molecule has 0 aliphatic heterocycles. The fraction of sp³-hybridized carbons (Fsp3) is 0.909. The van der Waals surface area contributed by atoms with Crippen molar-refractivity contribution in [3.05, 3.63) is 0 Å². The molecule has 0 aromatic heterocycles. The average Bonchev–Trinajstić information content (AvgIpc) is 2.16. The molecule has 14 heavy (non-hydrogen) atoms. The Balaban J connectivity index is 3.65. The van der Waals surface area contributed by atoms with Crippen LogP contribution in [0.1, 0.15) is 40.0 Å². The molecular formula is C11H23NO2. The van der Waals surface area contributed by atoms with E-state index in [0.29, 0.717) is 12.5 Å². The molecule has 84 valence electrons. The zero-order valence-electron chi connectivity index (χ0n) is 9.88. The lowest BCUT2D eigenvalue weighted by Gasteiger charge is -2.25. The maximum Gasteiger partial charge on any atom is 0.305 e. The number of nitrogens with zero attached hydrogens (tertiary/aromatic N) is 1. The summed E-state index contributed by atoms with van der Waals surface area (Å²) in [5, 5.41) is 0. The van der Waals surface area contributed by atoms with Crippen LogP contribution >= 0.6 is 0 Å². The van der Waals surface area contributed by atoms with Gasteiger partial charge in [0.2, 0.25) is 0 Å². The van der Waals surface area contributed by atoms with Crippen LogP contribution in [0, 0.1) is 0 Å². The third-order valence-electron chi connectivity index (χ3n) is 2.30. The summed E-state index contributed by atoms with van der Waals surface area (Å²) in [6.45, 7) is 8.65. The van der Waals surface area contributed by atoms with Crippen LogP contribution < -0.4 is 0 Å². The van der Waals surface area contributed by atoms with Crippen LogP contribution in [0.4, 0.5) is 0 Å². The van der Waals surface area contributed by atoms with Crippen LogP contribution in [-0.4, -0.2) is 37.1 Å². The molecule has 3 nitrogen and oxygen atoms in total. The van der Waals surface area contributed by atoms with Gasteiger partial charge in [0.15, 0.2) is 0 Å². The minimum absolute atomic E-state index is 0.106. The van der Waals surface area contributed by atoms with Gasteiger partial charge in [-0.25, -0.2) is 0 Å². The lowest BCUT2D eigenvalue weighted by atomic mass is 10.2. The van der Waals surface area contributed by atoms with Crippen LogP contribution in [0.15, 0.2) is 0 Å². The van der Waals surface area contributed by atoms with E-state index >= 15 is 0 Å². The molecule has 0 bridgehead atoms. The highest BCUT2D eigenvalue weighted by atomic mass is 16.5. The number of ether oxygens (including phenoxy) is 1. The maximum absolute atomic E-state index is 10.9. The van der Waals surface area contributed by atoms with Crippen molar-refractivity contribution in [1.82, 2.24) is 4.90 Å². The van der Waals surface area contributed by atoms with Crippen molar-refractivity contribution in [1.29, 1.82) is 0 Å². The Kier molecular flexibility index (Phi) is 7.48. The topological polar surface area (TPSA) is 29.5 Å². The molecule has 0 spiro atoms. The van der Waals surface area contributed by atoms with E-state index in [1.807, 2.05) is 0 Å². The van der Waals surface area contributed by atoms with Crippen LogP contribution in [-0.2, 0) is 9.53 Å². The zero-order chi connectivity index (χ0) is 11.0. The Hall–Kier alpha value is -0.570. The molecule has 0 aromatic rings. The molecule has 0 amide bonds. The van der Waals surface area contributed by atoms with Gasteiger partial charge in [-0.05, 0) is 39.8 Å². The van der Waals surface area contributed by atoms with E-state index in [-0.39, 0.29) is 5.97 Å². The molecule has 0 saturated carbocycles. The summed E-state index contributed by atoms with van der Waals surface area (Å²) in [6.07, 6.45) is 2.59. The van der Waals surface area contributed by atoms with Crippen LogP contribution in [0.25, 0.3) is 0 Å². The van der Waals surface area contributed by atoms with E-state index in [2.05, 4.69) is 30.4 Å². The number of rotatable bonds is 7. The van der Waals surface area contributed by atoms with Gasteiger partial charge in [0.25, 0.3) is 0 Å². The van der Waals surface area contributed by atoms with Gasteiger partial charge in [-0.1, -0.05) is 6.92 Å². The molecule has 0 unspecified atom stereocenters. The van der Waals surface area contributed by atoms with Crippen molar-refractivity contribution in [3.63, 3.8) is 0 Å². The number of carbonyl (C=O) groups excluding carboxylic acids is 1. The molecule has 3 heteroatoms. The number of methoxy groups -OCH3 is 1. The Labute approximate surface area is 87.4 Å². The molecule has 0 heterocycles. The highest BCUT2D eigenvalue weighted by Crippen LogP contribution is 2.03. The van der Waals surface area contributed by atoms with Crippen molar-refractivity contribution < 1.29 is 9.53 Å². The second-order valence-corrected chi connectivity index (χ2v) is 3.81. The first-order valence-corrected chi connectivity index (χ1v) is 5.42. The average molecular weight is 201 g/mol. The van der Waals surface area contributed by atoms with Gasteiger partial charge < -0.3 is 9.64 Å². The first-order chi connectivity index (χ1) is 6.61. The molecule has 0 aliphatic carbocycles. The second kappa shape index (κ2) is 7.80. The smallest absolute Gasteiger partial charge is 0.305 e. The molecule has 0 rings (SSSR count). The normalized spacial score (nSPS) is 11.0. The number of esters is 1. The van der Waals surface area contributed by atoms with Gasteiger partial charge in [-0.15, -0.1) is 0 Å². The molecule has 0 aliphatic rings. The largest absolute Gasteiger partial charge is 0.469 e. The van der Waals surface area contributed by atoms with Crippen LogP contribution in [0.5, 0.6) is 0 Å². The van der Waals surface area contributed by atoms with Crippen molar-refractivity contribution >= 4 is 5.97 Å². The summed E-state index contributed by atoms with van der Waals surface area (Å²) in [5.74, 6) is -0.106. The zero-order valence-corrected chi connectivity index (χ0v) is 9.88. The van der Waals surface area contributed by atoms with Crippen LogP contribution in [0.3, 0.4) is 0 Å². The Bertz CT molecular complexity index is 157. The Morgan fingerprint density at radius 1 is 1.36 bits per heavy atom.